The average molecular weight is 291 g/mol. The topological polar surface area (TPSA) is 69.6 Å². The molecule has 0 bridgehead atoms. The van der Waals surface area contributed by atoms with Crippen LogP contribution in [0.1, 0.15) is 5.56 Å². The summed E-state index contributed by atoms with van der Waals surface area (Å²) in [5.74, 6) is -1.06. The predicted octanol–water partition coefficient (Wildman–Crippen LogP) is 0.597. The van der Waals surface area contributed by atoms with E-state index in [1.807, 2.05) is 16.8 Å². The highest BCUT2D eigenvalue weighted by atomic mass is 35.5. The third kappa shape index (κ3) is 3.44. The third-order valence-corrected chi connectivity index (χ3v) is 3.52. The number of carboxylic acids is 1. The lowest BCUT2D eigenvalue weighted by molar-refractivity contribution is -0.150. The molecule has 1 aliphatic heterocycles. The molecule has 1 saturated heterocycles. The molecule has 100 valence electrons. The number of amides is 1. The Morgan fingerprint density at radius 2 is 2.33 bits per heavy atom. The average Bonchev–Trinajstić information content (AvgIpc) is 2.81. The highest BCUT2D eigenvalue weighted by Crippen LogP contribution is 2.11. The molecular weight excluding hydrogens is 276 g/mol. The molecule has 5 nitrogen and oxygen atoms in total. The zero-order chi connectivity index (χ0) is 12.3. The molecule has 1 atom stereocenters. The Labute approximate surface area is 115 Å². The zero-order valence-electron chi connectivity index (χ0n) is 9.67. The highest BCUT2D eigenvalue weighted by Gasteiger charge is 2.31. The van der Waals surface area contributed by atoms with Crippen molar-refractivity contribution < 1.29 is 14.7 Å². The van der Waals surface area contributed by atoms with E-state index in [2.05, 4.69) is 5.32 Å². The summed E-state index contributed by atoms with van der Waals surface area (Å²) in [6.45, 7) is 1.43. The van der Waals surface area contributed by atoms with E-state index in [9.17, 15) is 9.59 Å². The van der Waals surface area contributed by atoms with Crippen LogP contribution in [0.15, 0.2) is 16.8 Å². The maximum atomic E-state index is 12.0. The molecule has 1 amide bonds. The fourth-order valence-corrected chi connectivity index (χ4v) is 2.56. The number of nitrogens with one attached hydrogen (secondary N) is 1. The first-order valence-electron chi connectivity index (χ1n) is 5.42. The van der Waals surface area contributed by atoms with Crippen molar-refractivity contribution in [2.24, 2.45) is 0 Å². The van der Waals surface area contributed by atoms with E-state index >= 15 is 0 Å². The lowest BCUT2D eigenvalue weighted by atomic mass is 10.1. The molecule has 0 spiro atoms. The molecule has 2 rings (SSSR count). The Bertz CT molecular complexity index is 410. The minimum Gasteiger partial charge on any atom is -0.480 e. The van der Waals surface area contributed by atoms with Crippen molar-refractivity contribution in [2.45, 2.75) is 12.5 Å². The van der Waals surface area contributed by atoms with E-state index in [-0.39, 0.29) is 24.7 Å². The molecule has 0 radical (unpaired) electrons. The van der Waals surface area contributed by atoms with Crippen LogP contribution in [0, 0.1) is 0 Å². The van der Waals surface area contributed by atoms with Crippen LogP contribution in [0.25, 0.3) is 0 Å². The summed E-state index contributed by atoms with van der Waals surface area (Å²) in [7, 11) is 0. The number of hydrogen-bond acceptors (Lipinski definition) is 4. The number of halogens is 1. The number of thiophene rings is 1. The number of nitrogens with zero attached hydrogens (tertiary/aromatic N) is 1. The van der Waals surface area contributed by atoms with Gasteiger partial charge in [0, 0.05) is 19.6 Å². The number of carbonyl (C=O) groups is 2. The van der Waals surface area contributed by atoms with Crippen LogP contribution < -0.4 is 5.32 Å². The maximum Gasteiger partial charge on any atom is 0.327 e. The second-order valence-electron chi connectivity index (χ2n) is 3.95. The fraction of sp³-hybridized carbons (Fsp3) is 0.455. The second-order valence-corrected chi connectivity index (χ2v) is 4.73. The number of carboxylic acid groups (broad SMARTS) is 1. The molecule has 1 aliphatic rings. The highest BCUT2D eigenvalue weighted by molar-refractivity contribution is 7.07. The molecule has 1 aromatic rings. The van der Waals surface area contributed by atoms with Crippen LogP contribution in [-0.4, -0.2) is 47.6 Å². The van der Waals surface area contributed by atoms with E-state index in [1.54, 1.807) is 0 Å². The minimum absolute atomic E-state index is 0. The molecule has 0 saturated carbocycles. The number of carbonyl (C=O) groups excluding carboxylic acids is 1. The van der Waals surface area contributed by atoms with Crippen molar-refractivity contribution in [1.29, 1.82) is 0 Å². The number of rotatable bonds is 3. The molecule has 1 unspecified atom stereocenters. The van der Waals surface area contributed by atoms with Gasteiger partial charge in [-0.15, -0.1) is 12.4 Å². The van der Waals surface area contributed by atoms with Crippen LogP contribution >= 0.6 is 23.7 Å². The minimum atomic E-state index is -0.948. The molecule has 0 aromatic carbocycles. The van der Waals surface area contributed by atoms with Gasteiger partial charge in [0.1, 0.15) is 6.04 Å². The Morgan fingerprint density at radius 1 is 1.56 bits per heavy atom. The van der Waals surface area contributed by atoms with Crippen LogP contribution in [0.5, 0.6) is 0 Å². The van der Waals surface area contributed by atoms with Gasteiger partial charge in [0.25, 0.3) is 0 Å². The lowest BCUT2D eigenvalue weighted by Crippen LogP contribution is -2.57. The second kappa shape index (κ2) is 6.72. The van der Waals surface area contributed by atoms with Crippen LogP contribution in [0.2, 0.25) is 0 Å². The molecule has 0 aliphatic carbocycles. The van der Waals surface area contributed by atoms with Crippen molar-refractivity contribution in [3.05, 3.63) is 22.4 Å². The first kappa shape index (κ1) is 14.9. The van der Waals surface area contributed by atoms with Crippen LogP contribution in [0.3, 0.4) is 0 Å². The third-order valence-electron chi connectivity index (χ3n) is 2.78. The Hall–Kier alpha value is -1.11. The summed E-state index contributed by atoms with van der Waals surface area (Å²) >= 11 is 1.54. The monoisotopic (exact) mass is 290 g/mol. The number of aliphatic carboxylic acids is 1. The normalized spacial score (nSPS) is 19.1. The van der Waals surface area contributed by atoms with Gasteiger partial charge in [-0.1, -0.05) is 0 Å². The fourth-order valence-electron chi connectivity index (χ4n) is 1.89. The predicted molar refractivity (Wildman–Crippen MR) is 71.3 cm³/mol. The van der Waals surface area contributed by atoms with Gasteiger partial charge in [-0.2, -0.15) is 11.3 Å². The largest absolute Gasteiger partial charge is 0.480 e. The Morgan fingerprint density at radius 3 is 2.94 bits per heavy atom. The summed E-state index contributed by atoms with van der Waals surface area (Å²) < 4.78 is 0. The lowest BCUT2D eigenvalue weighted by Gasteiger charge is -2.33. The van der Waals surface area contributed by atoms with Crippen molar-refractivity contribution in [3.63, 3.8) is 0 Å². The van der Waals surface area contributed by atoms with Crippen molar-refractivity contribution >= 4 is 35.6 Å². The van der Waals surface area contributed by atoms with Gasteiger partial charge in [0.15, 0.2) is 0 Å². The smallest absolute Gasteiger partial charge is 0.327 e. The Kier molecular flexibility index (Phi) is 5.58. The van der Waals surface area contributed by atoms with Gasteiger partial charge in [0.05, 0.1) is 6.42 Å². The number of piperazine rings is 1. The van der Waals surface area contributed by atoms with Crippen molar-refractivity contribution in [3.8, 4) is 0 Å². The standard InChI is InChI=1S/C11H14N2O3S.ClH/c14-10(5-8-1-4-17-7-8)13-3-2-12-6-9(13)11(15)16;/h1,4,7,9,12H,2-3,5-6H2,(H,15,16);1H. The van der Waals surface area contributed by atoms with Gasteiger partial charge < -0.3 is 15.3 Å². The molecule has 7 heteroatoms. The maximum absolute atomic E-state index is 12.0. The summed E-state index contributed by atoms with van der Waals surface area (Å²) in [6.07, 6.45) is 0.285. The Balaban J connectivity index is 0.00000162. The SMILES string of the molecule is Cl.O=C(O)C1CNCCN1C(=O)Cc1ccsc1. The number of hydrogen-bond donors (Lipinski definition) is 2. The summed E-state index contributed by atoms with van der Waals surface area (Å²) in [4.78, 5) is 24.5. The summed E-state index contributed by atoms with van der Waals surface area (Å²) in [5.41, 5.74) is 0.947. The molecule has 18 heavy (non-hydrogen) atoms. The van der Waals surface area contributed by atoms with Gasteiger partial charge >= 0.3 is 5.97 Å². The zero-order valence-corrected chi connectivity index (χ0v) is 11.3. The molecule has 1 fully saturated rings. The van der Waals surface area contributed by atoms with E-state index in [4.69, 9.17) is 5.11 Å². The van der Waals surface area contributed by atoms with E-state index < -0.39 is 12.0 Å². The first-order chi connectivity index (χ1) is 8.18. The molecular formula is C11H15ClN2O3S. The molecule has 2 N–H and O–H groups in total. The van der Waals surface area contributed by atoms with E-state index in [0.29, 0.717) is 19.6 Å². The van der Waals surface area contributed by atoms with Gasteiger partial charge in [0.2, 0.25) is 5.91 Å². The first-order valence-corrected chi connectivity index (χ1v) is 6.37. The van der Waals surface area contributed by atoms with E-state index in [1.165, 1.54) is 16.2 Å². The quantitative estimate of drug-likeness (QED) is 0.855. The summed E-state index contributed by atoms with van der Waals surface area (Å²) in [6, 6.07) is 1.15. The molecule has 2 heterocycles. The van der Waals surface area contributed by atoms with Gasteiger partial charge in [-0.05, 0) is 22.4 Å². The van der Waals surface area contributed by atoms with Crippen LogP contribution in [0.4, 0.5) is 0 Å². The van der Waals surface area contributed by atoms with E-state index in [0.717, 1.165) is 5.56 Å². The van der Waals surface area contributed by atoms with Crippen molar-refractivity contribution in [1.82, 2.24) is 10.2 Å². The van der Waals surface area contributed by atoms with Gasteiger partial charge in [-0.3, -0.25) is 4.79 Å². The van der Waals surface area contributed by atoms with Gasteiger partial charge in [-0.25, -0.2) is 4.79 Å². The van der Waals surface area contributed by atoms with Crippen LogP contribution in [-0.2, 0) is 16.0 Å². The molecule has 1 aromatic heterocycles. The van der Waals surface area contributed by atoms with Crippen molar-refractivity contribution in [2.75, 3.05) is 19.6 Å². The summed E-state index contributed by atoms with van der Waals surface area (Å²) in [5, 5.41) is 15.9.